The third kappa shape index (κ3) is 17.1. The highest BCUT2D eigenvalue weighted by atomic mass is 16.4. The summed E-state index contributed by atoms with van der Waals surface area (Å²) in [5.74, 6) is -13.5. The molecule has 26 heteroatoms. The summed E-state index contributed by atoms with van der Waals surface area (Å²) in [5.41, 5.74) is 10.8. The lowest BCUT2D eigenvalue weighted by Crippen LogP contribution is -2.61. The SMILES string of the molecule is C[C@@H](O)[C@@H]1NC(=O)[C@@H](CO)NC(=O)[C@H](CCC(N)=O)NC(=O)[C@H](CO)NC(=O)[C@@H](CC(N)=O)NC(=O)[C@@H](Cc2ccc(O)cc2)NC(=O)[C@H](CC(=O)O)NC(=O)CCNC1=O. The van der Waals surface area contributed by atoms with Gasteiger partial charge in [-0.1, -0.05) is 12.1 Å². The van der Waals surface area contributed by atoms with Gasteiger partial charge in [0.2, 0.25) is 59.1 Å². The van der Waals surface area contributed by atoms with Gasteiger partial charge in [0, 0.05) is 25.8 Å². The first-order valence-corrected chi connectivity index (χ1v) is 18.5. The van der Waals surface area contributed by atoms with Crippen molar-refractivity contribution in [2.45, 2.75) is 93.8 Å². The molecule has 26 nitrogen and oxygen atoms in total. The first kappa shape index (κ1) is 50.2. The van der Waals surface area contributed by atoms with E-state index in [4.69, 9.17) is 11.5 Å². The number of carboxylic acids is 1. The third-order valence-corrected chi connectivity index (χ3v) is 8.74. The van der Waals surface area contributed by atoms with Crippen LogP contribution in [0.5, 0.6) is 5.75 Å². The van der Waals surface area contributed by atoms with Gasteiger partial charge >= 0.3 is 5.97 Å². The van der Waals surface area contributed by atoms with Crippen LogP contribution in [0.25, 0.3) is 0 Å². The molecule has 0 radical (unpaired) electrons. The molecule has 0 saturated carbocycles. The van der Waals surface area contributed by atoms with Crippen LogP contribution in [0.2, 0.25) is 0 Å². The number of aliphatic carboxylic acids is 1. The summed E-state index contributed by atoms with van der Waals surface area (Å²) in [6, 6.07) is -7.67. The molecule has 0 spiro atoms. The number of benzene rings is 1. The van der Waals surface area contributed by atoms with Gasteiger partial charge in [-0.3, -0.25) is 52.7 Å². The van der Waals surface area contributed by atoms with Gasteiger partial charge in [-0.05, 0) is 31.0 Å². The molecule has 1 aromatic carbocycles. The number of carbonyl (C=O) groups excluding carboxylic acids is 10. The Labute approximate surface area is 346 Å². The molecule has 1 aliphatic rings. The molecule has 1 fully saturated rings. The van der Waals surface area contributed by atoms with Crippen LogP contribution in [0.15, 0.2) is 24.3 Å². The van der Waals surface area contributed by atoms with Crippen molar-refractivity contribution in [2.75, 3.05) is 19.8 Å². The van der Waals surface area contributed by atoms with E-state index in [9.17, 15) is 78.3 Å². The van der Waals surface area contributed by atoms with Crippen molar-refractivity contribution in [2.24, 2.45) is 11.5 Å². The first-order valence-electron chi connectivity index (χ1n) is 18.5. The highest BCUT2D eigenvalue weighted by Crippen LogP contribution is 2.13. The van der Waals surface area contributed by atoms with Crippen molar-refractivity contribution in [3.05, 3.63) is 29.8 Å². The van der Waals surface area contributed by atoms with Gasteiger partial charge in [0.05, 0.1) is 32.2 Å². The minimum atomic E-state index is -1.95. The Morgan fingerprint density at radius 3 is 1.61 bits per heavy atom. The van der Waals surface area contributed by atoms with Crippen LogP contribution in [-0.4, -0.2) is 159 Å². The maximum Gasteiger partial charge on any atom is 0.305 e. The van der Waals surface area contributed by atoms with Crippen LogP contribution in [0, 0.1) is 0 Å². The maximum atomic E-state index is 13.8. The predicted octanol–water partition coefficient (Wildman–Crippen LogP) is -8.17. The number of primary amides is 2. The van der Waals surface area contributed by atoms with Crippen molar-refractivity contribution in [3.8, 4) is 5.75 Å². The Balaban J connectivity index is 2.64. The number of amides is 10. The smallest absolute Gasteiger partial charge is 0.305 e. The number of aliphatic hydroxyl groups is 3. The van der Waals surface area contributed by atoms with E-state index in [1.165, 1.54) is 24.3 Å². The molecule has 1 saturated heterocycles. The fourth-order valence-corrected chi connectivity index (χ4v) is 5.51. The largest absolute Gasteiger partial charge is 0.508 e. The fraction of sp³-hybridized carbons (Fsp3) is 0.514. The maximum absolute atomic E-state index is 13.8. The number of nitrogens with two attached hydrogens (primary N) is 2. The van der Waals surface area contributed by atoms with E-state index in [1.807, 2.05) is 0 Å². The molecule has 17 N–H and O–H groups in total. The number of phenolic OH excluding ortho intramolecular Hbond substituents is 1. The van der Waals surface area contributed by atoms with Crippen molar-refractivity contribution in [3.63, 3.8) is 0 Å². The zero-order chi connectivity index (χ0) is 46.0. The quantitative estimate of drug-likeness (QED) is 0.0928. The normalized spacial score (nSPS) is 25.0. The molecule has 0 aliphatic carbocycles. The molecule has 1 aliphatic heterocycles. The Morgan fingerprint density at radius 2 is 1.10 bits per heavy atom. The summed E-state index contributed by atoms with van der Waals surface area (Å²) in [4.78, 5) is 142. The van der Waals surface area contributed by atoms with Crippen molar-refractivity contribution >= 4 is 65.0 Å². The van der Waals surface area contributed by atoms with E-state index < -0.39 is 172 Å². The summed E-state index contributed by atoms with van der Waals surface area (Å²) in [6.07, 6.45) is -5.68. The van der Waals surface area contributed by atoms with Gasteiger partial charge in [0.25, 0.3) is 0 Å². The highest BCUT2D eigenvalue weighted by Gasteiger charge is 2.35. The van der Waals surface area contributed by atoms with Crippen molar-refractivity contribution in [1.29, 1.82) is 0 Å². The minimum absolute atomic E-state index is 0.178. The van der Waals surface area contributed by atoms with Crippen molar-refractivity contribution in [1.82, 2.24) is 42.5 Å². The lowest BCUT2D eigenvalue weighted by molar-refractivity contribution is -0.141. The monoisotopic (exact) mass is 866 g/mol. The van der Waals surface area contributed by atoms with Gasteiger partial charge in [0.15, 0.2) is 0 Å². The molecule has 10 amide bonds. The molecule has 336 valence electrons. The average molecular weight is 867 g/mol. The number of phenols is 1. The number of carboxylic acid groups (broad SMARTS) is 1. The van der Waals surface area contributed by atoms with Gasteiger partial charge in [-0.2, -0.15) is 0 Å². The molecule has 2 rings (SSSR count). The lowest BCUT2D eigenvalue weighted by atomic mass is 10.0. The summed E-state index contributed by atoms with van der Waals surface area (Å²) in [7, 11) is 0. The van der Waals surface area contributed by atoms with Gasteiger partial charge < -0.3 is 79.5 Å². The average Bonchev–Trinajstić information content (AvgIpc) is 3.18. The van der Waals surface area contributed by atoms with Crippen LogP contribution in [-0.2, 0) is 59.2 Å². The summed E-state index contributed by atoms with van der Waals surface area (Å²) >= 11 is 0. The molecule has 0 aromatic heterocycles. The van der Waals surface area contributed by atoms with E-state index in [0.717, 1.165) is 6.92 Å². The zero-order valence-electron chi connectivity index (χ0n) is 32.7. The number of hydrogen-bond donors (Lipinski definition) is 15. The van der Waals surface area contributed by atoms with Crippen LogP contribution >= 0.6 is 0 Å². The second-order valence-electron chi connectivity index (χ2n) is 13.7. The molecule has 61 heavy (non-hydrogen) atoms. The van der Waals surface area contributed by atoms with E-state index in [-0.39, 0.29) is 11.3 Å². The number of nitrogens with one attached hydrogen (secondary N) is 8. The van der Waals surface area contributed by atoms with E-state index in [1.54, 1.807) is 0 Å². The van der Waals surface area contributed by atoms with E-state index in [0.29, 0.717) is 0 Å². The first-order chi connectivity index (χ1) is 28.6. The highest BCUT2D eigenvalue weighted by molar-refractivity contribution is 5.99. The number of carbonyl (C=O) groups is 11. The van der Waals surface area contributed by atoms with Gasteiger partial charge in [-0.25, -0.2) is 0 Å². The Hall–Kier alpha value is -6.93. The van der Waals surface area contributed by atoms with Gasteiger partial charge in [0.1, 0.15) is 48.0 Å². The molecule has 0 bridgehead atoms. The predicted molar refractivity (Wildman–Crippen MR) is 203 cm³/mol. The number of rotatable bonds is 12. The number of aromatic hydroxyl groups is 1. The molecular weight excluding hydrogens is 816 g/mol. The lowest BCUT2D eigenvalue weighted by Gasteiger charge is -2.27. The van der Waals surface area contributed by atoms with E-state index >= 15 is 0 Å². The standard InChI is InChI=1S/C35H50N10O16/c1-15(48)28-35(61)38-9-8-26(52)39-21(12-27(53)54)32(58)41-19(10-16-2-4-17(49)5-3-16)30(56)42-20(11-25(37)51)31(57)44-22(13-46)33(59)40-18(6-7-24(36)50)29(55)43-23(14-47)34(60)45-28/h2-5,15,18-23,28,46-49H,6-14H2,1H3,(H2,36,50)(H2,37,51)(H,38,61)(H,39,52)(H,40,59)(H,41,58)(H,42,56)(H,43,55)(H,44,57)(H,45,60)(H,53,54)/t15-,18+,19-,20-,21+,22+,23-,28+/m1/s1. The summed E-state index contributed by atoms with van der Waals surface area (Å²) in [6.45, 7) is -1.73. The van der Waals surface area contributed by atoms with Crippen LogP contribution < -0.4 is 54.0 Å². The molecule has 1 heterocycles. The van der Waals surface area contributed by atoms with Gasteiger partial charge in [-0.15, -0.1) is 0 Å². The summed E-state index contributed by atoms with van der Waals surface area (Å²) < 4.78 is 0. The Bertz CT molecular complexity index is 1810. The topological polar surface area (TPSA) is 437 Å². The van der Waals surface area contributed by atoms with Crippen LogP contribution in [0.3, 0.4) is 0 Å². The zero-order valence-corrected chi connectivity index (χ0v) is 32.7. The molecular formula is C35H50N10O16. The Kier molecular flexibility index (Phi) is 19.9. The second-order valence-corrected chi connectivity index (χ2v) is 13.7. The molecule has 8 atom stereocenters. The molecule has 0 unspecified atom stereocenters. The van der Waals surface area contributed by atoms with Crippen LogP contribution in [0.1, 0.15) is 44.6 Å². The number of hydrogen-bond acceptors (Lipinski definition) is 15. The van der Waals surface area contributed by atoms with Crippen LogP contribution in [0.4, 0.5) is 0 Å². The fourth-order valence-electron chi connectivity index (χ4n) is 5.51. The summed E-state index contributed by atoms with van der Waals surface area (Å²) in [5, 5.41) is 66.8. The Morgan fingerprint density at radius 1 is 0.639 bits per heavy atom. The van der Waals surface area contributed by atoms with Crippen molar-refractivity contribution < 1.29 is 78.3 Å². The molecule has 1 aromatic rings. The number of aliphatic hydroxyl groups excluding tert-OH is 3. The second kappa shape index (κ2) is 24.2. The third-order valence-electron chi connectivity index (χ3n) is 8.74. The minimum Gasteiger partial charge on any atom is -0.508 e. The van der Waals surface area contributed by atoms with E-state index in [2.05, 4.69) is 42.5 Å².